The summed E-state index contributed by atoms with van der Waals surface area (Å²) in [4.78, 5) is 26.2. The fraction of sp³-hybridized carbons (Fsp3) is 0.500. The van der Waals surface area contributed by atoms with Crippen molar-refractivity contribution in [2.24, 2.45) is 0 Å². The molecular formula is C28H34N4O6S. The summed E-state index contributed by atoms with van der Waals surface area (Å²) in [6.45, 7) is 9.33. The van der Waals surface area contributed by atoms with Gasteiger partial charge in [-0.2, -0.15) is 0 Å². The summed E-state index contributed by atoms with van der Waals surface area (Å²) in [5, 5.41) is 15.3. The molecule has 5 rings (SSSR count). The van der Waals surface area contributed by atoms with Gasteiger partial charge in [0.15, 0.2) is 9.84 Å². The topological polar surface area (TPSA) is 141 Å². The molecule has 11 heteroatoms. The van der Waals surface area contributed by atoms with Crippen LogP contribution >= 0.6 is 0 Å². The summed E-state index contributed by atoms with van der Waals surface area (Å²) >= 11 is 0. The highest BCUT2D eigenvalue weighted by molar-refractivity contribution is 7.91. The number of anilines is 2. The van der Waals surface area contributed by atoms with Crippen molar-refractivity contribution in [1.29, 1.82) is 0 Å². The predicted octanol–water partition coefficient (Wildman–Crippen LogP) is 4.39. The number of ether oxygens (including phenoxy) is 2. The number of nitrogens with one attached hydrogen (secondary N) is 1. The number of pyridine rings is 3. The average Bonchev–Trinajstić information content (AvgIpc) is 2.83. The quantitative estimate of drug-likeness (QED) is 0.404. The largest absolute Gasteiger partial charge is 0.474 e. The smallest absolute Gasteiger partial charge is 0.340 e. The van der Waals surface area contributed by atoms with E-state index in [0.717, 1.165) is 0 Å². The number of carbonyl (C=O) groups excluding carboxylic acids is 1. The number of rotatable bonds is 7. The molecule has 0 spiro atoms. The second-order valence-electron chi connectivity index (χ2n) is 11.4. The van der Waals surface area contributed by atoms with Crippen molar-refractivity contribution >= 4 is 38.2 Å². The maximum Gasteiger partial charge on any atom is 0.340 e. The number of hydrogen-bond donors (Lipinski definition) is 2. The summed E-state index contributed by atoms with van der Waals surface area (Å²) in [5.41, 5.74) is -0.0996. The van der Waals surface area contributed by atoms with Crippen LogP contribution in [0.1, 0.15) is 81.4 Å². The molecule has 2 aliphatic rings. The highest BCUT2D eigenvalue weighted by Gasteiger charge is 2.40. The van der Waals surface area contributed by atoms with Crippen molar-refractivity contribution in [1.82, 2.24) is 15.0 Å². The minimum absolute atomic E-state index is 0.109. The number of sulfone groups is 1. The molecule has 0 bridgehead atoms. The van der Waals surface area contributed by atoms with Crippen LogP contribution in [-0.4, -0.2) is 57.7 Å². The minimum atomic E-state index is -3.10. The molecule has 4 heterocycles. The van der Waals surface area contributed by atoms with Crippen molar-refractivity contribution in [3.05, 3.63) is 47.4 Å². The molecule has 0 aromatic carbocycles. The van der Waals surface area contributed by atoms with Gasteiger partial charge < -0.3 is 19.9 Å². The summed E-state index contributed by atoms with van der Waals surface area (Å²) in [5.74, 6) is 0.858. The number of aromatic nitrogens is 3. The van der Waals surface area contributed by atoms with Gasteiger partial charge in [0.25, 0.3) is 0 Å². The van der Waals surface area contributed by atoms with Gasteiger partial charge in [-0.1, -0.05) is 13.8 Å². The maximum absolute atomic E-state index is 12.5. The molecule has 1 unspecified atom stereocenters. The molecule has 1 aliphatic carbocycles. The van der Waals surface area contributed by atoms with E-state index >= 15 is 0 Å². The molecule has 2 N–H and O–H groups in total. The van der Waals surface area contributed by atoms with Crippen LogP contribution in [0, 0.1) is 0 Å². The molecule has 1 fully saturated rings. The van der Waals surface area contributed by atoms with E-state index in [1.165, 1.54) is 6.26 Å². The van der Waals surface area contributed by atoms with Crippen LogP contribution in [0.3, 0.4) is 0 Å². The molecule has 208 valence electrons. The highest BCUT2D eigenvalue weighted by Crippen LogP contribution is 2.39. The Morgan fingerprint density at radius 3 is 2.56 bits per heavy atom. The second-order valence-corrected chi connectivity index (χ2v) is 13.7. The van der Waals surface area contributed by atoms with Crippen LogP contribution in [0.25, 0.3) is 10.8 Å². The highest BCUT2D eigenvalue weighted by atomic mass is 32.2. The number of carbonyl (C=O) groups is 1. The van der Waals surface area contributed by atoms with Crippen molar-refractivity contribution in [3.63, 3.8) is 0 Å². The fourth-order valence-electron chi connectivity index (χ4n) is 4.90. The number of cyclic esters (lactones) is 1. The van der Waals surface area contributed by atoms with Crippen LogP contribution < -0.4 is 10.1 Å². The first kappa shape index (κ1) is 27.3. The summed E-state index contributed by atoms with van der Waals surface area (Å²) < 4.78 is 35.2. The molecule has 10 nitrogen and oxygen atoms in total. The molecule has 2 atom stereocenters. The van der Waals surface area contributed by atoms with E-state index in [9.17, 15) is 18.3 Å². The van der Waals surface area contributed by atoms with E-state index in [0.29, 0.717) is 64.4 Å². The molecular weight excluding hydrogens is 520 g/mol. The first-order chi connectivity index (χ1) is 18.2. The molecule has 0 saturated heterocycles. The summed E-state index contributed by atoms with van der Waals surface area (Å²) in [7, 11) is -3.10. The number of fused-ring (bicyclic) bond motifs is 2. The Morgan fingerprint density at radius 2 is 1.90 bits per heavy atom. The molecule has 3 aromatic rings. The third-order valence-corrected chi connectivity index (χ3v) is 9.74. The fourth-order valence-corrected chi connectivity index (χ4v) is 6.03. The first-order valence-electron chi connectivity index (χ1n) is 13.1. The Labute approximate surface area is 228 Å². The predicted molar refractivity (Wildman–Crippen MR) is 147 cm³/mol. The van der Waals surface area contributed by atoms with Gasteiger partial charge in [0.1, 0.15) is 23.3 Å². The van der Waals surface area contributed by atoms with Crippen LogP contribution in [0.2, 0.25) is 0 Å². The number of nitrogens with zero attached hydrogens (tertiary/aromatic N) is 3. The zero-order chi connectivity index (χ0) is 28.3. The monoisotopic (exact) mass is 554 g/mol. The zero-order valence-corrected chi connectivity index (χ0v) is 23.8. The van der Waals surface area contributed by atoms with E-state index < -0.39 is 32.3 Å². The third-order valence-electron chi connectivity index (χ3n) is 8.15. The molecule has 1 aliphatic heterocycles. The Balaban J connectivity index is 1.49. The van der Waals surface area contributed by atoms with Crippen molar-refractivity contribution < 1.29 is 27.8 Å². The van der Waals surface area contributed by atoms with Gasteiger partial charge in [0.2, 0.25) is 5.88 Å². The molecule has 0 radical (unpaired) electrons. The van der Waals surface area contributed by atoms with Gasteiger partial charge >= 0.3 is 5.97 Å². The van der Waals surface area contributed by atoms with E-state index in [1.807, 2.05) is 33.8 Å². The van der Waals surface area contributed by atoms with Gasteiger partial charge in [-0.25, -0.2) is 28.2 Å². The van der Waals surface area contributed by atoms with Crippen molar-refractivity contribution in [2.75, 3.05) is 11.6 Å². The summed E-state index contributed by atoms with van der Waals surface area (Å²) in [6.07, 6.45) is 5.50. The molecule has 39 heavy (non-hydrogen) atoms. The van der Waals surface area contributed by atoms with Crippen molar-refractivity contribution in [2.45, 2.75) is 82.4 Å². The first-order valence-corrected chi connectivity index (χ1v) is 15.0. The standard InChI is InChI=1S/C28H34N4O6S/c1-7-28(5,34)21-14-30-25(37-16-10-17(11-16)39(6,35)36)20-13-29-23(12-19(20)21)31-22-9-8-18-24(32-22)15(2)27(3,4)38-26(18)33/h8-9,12-17,34H,7,10-11H2,1-6H3,(H,29,31,32)/t15-,16-,17+,28?/m1/s1. The minimum Gasteiger partial charge on any atom is -0.474 e. The SMILES string of the molecule is CCC(C)(O)c1cnc(O[C@H]2C[C@@H](S(C)(=O)=O)C2)c2cnc(Nc3ccc4c(n3)[C@@H](C)C(C)(C)OC4=O)cc12. The Kier molecular flexibility index (Phi) is 6.58. The van der Waals surface area contributed by atoms with Crippen LogP contribution in [0.4, 0.5) is 11.6 Å². The Hall–Kier alpha value is -3.31. The molecule has 0 amide bonds. The molecule has 1 saturated carbocycles. The maximum atomic E-state index is 12.5. The van der Waals surface area contributed by atoms with E-state index in [4.69, 9.17) is 14.5 Å². The van der Waals surface area contributed by atoms with E-state index in [2.05, 4.69) is 15.3 Å². The van der Waals surface area contributed by atoms with Gasteiger partial charge in [0.05, 0.1) is 27.5 Å². The van der Waals surface area contributed by atoms with Crippen LogP contribution in [-0.2, 0) is 20.2 Å². The normalized spacial score (nSPS) is 23.8. The van der Waals surface area contributed by atoms with Gasteiger partial charge in [-0.3, -0.25) is 0 Å². The lowest BCUT2D eigenvalue weighted by molar-refractivity contribution is -0.0189. The number of aliphatic hydroxyl groups is 1. The van der Waals surface area contributed by atoms with Crippen LogP contribution in [0.15, 0.2) is 30.6 Å². The van der Waals surface area contributed by atoms with Gasteiger partial charge in [-0.05, 0) is 50.8 Å². The Bertz CT molecular complexity index is 1560. The molecule has 3 aromatic heterocycles. The summed E-state index contributed by atoms with van der Waals surface area (Å²) in [6, 6.07) is 5.22. The van der Waals surface area contributed by atoms with Gasteiger partial charge in [0, 0.05) is 43.0 Å². The lowest BCUT2D eigenvalue weighted by Crippen LogP contribution is -2.42. The second kappa shape index (κ2) is 9.41. The lowest BCUT2D eigenvalue weighted by atomic mass is 9.84. The third kappa shape index (κ3) is 5.05. The van der Waals surface area contributed by atoms with Crippen molar-refractivity contribution in [3.8, 4) is 5.88 Å². The zero-order valence-electron chi connectivity index (χ0n) is 23.0. The van der Waals surface area contributed by atoms with E-state index in [1.54, 1.807) is 31.5 Å². The average molecular weight is 555 g/mol. The van der Waals surface area contributed by atoms with E-state index in [-0.39, 0.29) is 12.0 Å². The number of hydrogen-bond acceptors (Lipinski definition) is 10. The van der Waals surface area contributed by atoms with Crippen LogP contribution in [0.5, 0.6) is 5.88 Å². The number of esters is 1. The Morgan fingerprint density at radius 1 is 1.18 bits per heavy atom. The lowest BCUT2D eigenvalue weighted by Gasteiger charge is -2.36. The van der Waals surface area contributed by atoms with Gasteiger partial charge in [-0.15, -0.1) is 0 Å².